The van der Waals surface area contributed by atoms with Gasteiger partial charge in [0.15, 0.2) is 0 Å². The van der Waals surface area contributed by atoms with Gasteiger partial charge < -0.3 is 20.4 Å². The minimum Gasteiger partial charge on any atom is -0.481 e. The number of aliphatic hydroxyl groups excluding tert-OH is 3. The van der Waals surface area contributed by atoms with Crippen LogP contribution in [0.25, 0.3) is 0 Å². The van der Waals surface area contributed by atoms with Crippen molar-refractivity contribution in [2.45, 2.75) is 102 Å². The Morgan fingerprint density at radius 2 is 1.73 bits per heavy atom. The molecule has 0 aliphatic heterocycles. The molecular formula is C21H38O5. The van der Waals surface area contributed by atoms with Crippen LogP contribution in [0.2, 0.25) is 0 Å². The van der Waals surface area contributed by atoms with Gasteiger partial charge in [-0.3, -0.25) is 4.79 Å². The molecule has 1 unspecified atom stereocenters. The van der Waals surface area contributed by atoms with E-state index in [-0.39, 0.29) is 18.3 Å². The molecule has 5 nitrogen and oxygen atoms in total. The Morgan fingerprint density at radius 1 is 1.04 bits per heavy atom. The fourth-order valence-corrected chi connectivity index (χ4v) is 3.92. The molecule has 5 heteroatoms. The number of unbranched alkanes of at least 4 members (excludes halogenated alkanes) is 6. The van der Waals surface area contributed by atoms with Crippen LogP contribution in [0.1, 0.15) is 84.0 Å². The number of carboxylic acid groups (broad SMARTS) is 1. The molecule has 0 saturated heterocycles. The van der Waals surface area contributed by atoms with Gasteiger partial charge in [-0.15, -0.1) is 0 Å². The number of aliphatic carboxylic acids is 1. The van der Waals surface area contributed by atoms with Crippen LogP contribution in [-0.4, -0.2) is 44.7 Å². The van der Waals surface area contributed by atoms with E-state index in [4.69, 9.17) is 5.11 Å². The second-order valence-electron chi connectivity index (χ2n) is 7.76. The first kappa shape index (κ1) is 23.1. The van der Waals surface area contributed by atoms with Crippen LogP contribution in [0.5, 0.6) is 0 Å². The summed E-state index contributed by atoms with van der Waals surface area (Å²) in [6.07, 6.45) is 12.4. The molecule has 1 saturated carbocycles. The summed E-state index contributed by atoms with van der Waals surface area (Å²) in [7, 11) is 0. The van der Waals surface area contributed by atoms with E-state index < -0.39 is 24.3 Å². The summed E-state index contributed by atoms with van der Waals surface area (Å²) in [5.41, 5.74) is 0. The molecular weight excluding hydrogens is 332 g/mol. The number of carboxylic acids is 1. The van der Waals surface area contributed by atoms with Crippen LogP contribution in [0.4, 0.5) is 0 Å². The number of hydrogen-bond acceptors (Lipinski definition) is 4. The maximum atomic E-state index is 10.5. The minimum absolute atomic E-state index is 0.0445. The van der Waals surface area contributed by atoms with Gasteiger partial charge in [0.2, 0.25) is 0 Å². The molecule has 0 bridgehead atoms. The summed E-state index contributed by atoms with van der Waals surface area (Å²) in [4.78, 5) is 10.5. The number of aliphatic hydroxyl groups is 3. The van der Waals surface area contributed by atoms with Crippen molar-refractivity contribution in [3.8, 4) is 0 Å². The van der Waals surface area contributed by atoms with Gasteiger partial charge in [0, 0.05) is 18.8 Å². The molecule has 1 aliphatic rings. The normalized spacial score (nSPS) is 27.2. The third-order valence-corrected chi connectivity index (χ3v) is 5.50. The maximum absolute atomic E-state index is 10.5. The van der Waals surface area contributed by atoms with Crippen LogP contribution in [0, 0.1) is 11.8 Å². The second-order valence-corrected chi connectivity index (χ2v) is 7.76. The average molecular weight is 371 g/mol. The third kappa shape index (κ3) is 9.15. The molecule has 0 aromatic heterocycles. The standard InChI is InChI=1S/C21H38O5/c1-2-3-7-10-16(22)13-14-18-17(19(23)15-20(18)24)11-8-5-4-6-9-12-21(25)26/h13-14,16-20,22-24H,2-12,15H2,1H3,(H,25,26)/t16?,17-,18-,19+,20-/m0/s1. The molecule has 1 aliphatic carbocycles. The molecule has 0 spiro atoms. The van der Waals surface area contributed by atoms with Crippen LogP contribution >= 0.6 is 0 Å². The molecule has 5 atom stereocenters. The Hall–Kier alpha value is -0.910. The van der Waals surface area contributed by atoms with Crippen molar-refractivity contribution in [2.24, 2.45) is 11.8 Å². The van der Waals surface area contributed by atoms with Gasteiger partial charge in [0.25, 0.3) is 0 Å². The van der Waals surface area contributed by atoms with E-state index >= 15 is 0 Å². The number of rotatable bonds is 14. The van der Waals surface area contributed by atoms with Crippen molar-refractivity contribution in [1.82, 2.24) is 0 Å². The lowest BCUT2D eigenvalue weighted by molar-refractivity contribution is -0.137. The van der Waals surface area contributed by atoms with Crippen LogP contribution in [-0.2, 0) is 4.79 Å². The first-order valence-electron chi connectivity index (χ1n) is 10.4. The molecule has 4 N–H and O–H groups in total. The van der Waals surface area contributed by atoms with Gasteiger partial charge in [0.05, 0.1) is 18.3 Å². The molecule has 0 aromatic rings. The topological polar surface area (TPSA) is 98.0 Å². The van der Waals surface area contributed by atoms with E-state index in [1.807, 2.05) is 6.08 Å². The average Bonchev–Trinajstić information content (AvgIpc) is 2.85. The summed E-state index contributed by atoms with van der Waals surface area (Å²) in [6, 6.07) is 0. The summed E-state index contributed by atoms with van der Waals surface area (Å²) in [6.45, 7) is 2.13. The van der Waals surface area contributed by atoms with E-state index in [0.29, 0.717) is 6.42 Å². The molecule has 0 aromatic carbocycles. The largest absolute Gasteiger partial charge is 0.481 e. The van der Waals surface area contributed by atoms with Crippen molar-refractivity contribution in [3.63, 3.8) is 0 Å². The quantitative estimate of drug-likeness (QED) is 0.276. The highest BCUT2D eigenvalue weighted by Gasteiger charge is 2.39. The first-order chi connectivity index (χ1) is 12.5. The summed E-state index contributed by atoms with van der Waals surface area (Å²) < 4.78 is 0. The smallest absolute Gasteiger partial charge is 0.303 e. The highest BCUT2D eigenvalue weighted by Crippen LogP contribution is 2.37. The Morgan fingerprint density at radius 3 is 2.42 bits per heavy atom. The van der Waals surface area contributed by atoms with E-state index in [1.165, 1.54) is 0 Å². The van der Waals surface area contributed by atoms with E-state index in [9.17, 15) is 20.1 Å². The van der Waals surface area contributed by atoms with E-state index in [1.54, 1.807) is 6.08 Å². The maximum Gasteiger partial charge on any atom is 0.303 e. The van der Waals surface area contributed by atoms with Gasteiger partial charge in [-0.05, 0) is 25.2 Å². The first-order valence-corrected chi connectivity index (χ1v) is 10.4. The predicted molar refractivity (Wildman–Crippen MR) is 103 cm³/mol. The van der Waals surface area contributed by atoms with Crippen molar-refractivity contribution in [1.29, 1.82) is 0 Å². The second kappa shape index (κ2) is 13.3. The van der Waals surface area contributed by atoms with Gasteiger partial charge in [0.1, 0.15) is 0 Å². The zero-order valence-corrected chi connectivity index (χ0v) is 16.2. The van der Waals surface area contributed by atoms with Crippen LogP contribution < -0.4 is 0 Å². The van der Waals surface area contributed by atoms with Crippen LogP contribution in [0.3, 0.4) is 0 Å². The molecule has 0 amide bonds. The van der Waals surface area contributed by atoms with E-state index in [2.05, 4.69) is 6.92 Å². The number of hydrogen-bond donors (Lipinski definition) is 4. The lowest BCUT2D eigenvalue weighted by atomic mass is 9.87. The van der Waals surface area contributed by atoms with Crippen LogP contribution in [0.15, 0.2) is 12.2 Å². The molecule has 0 radical (unpaired) electrons. The molecule has 1 fully saturated rings. The minimum atomic E-state index is -0.737. The fraction of sp³-hybridized carbons (Fsp3) is 0.857. The lowest BCUT2D eigenvalue weighted by Gasteiger charge is -2.21. The monoisotopic (exact) mass is 370 g/mol. The van der Waals surface area contributed by atoms with E-state index in [0.717, 1.165) is 64.2 Å². The molecule has 26 heavy (non-hydrogen) atoms. The molecule has 1 rings (SSSR count). The fourth-order valence-electron chi connectivity index (χ4n) is 3.92. The van der Waals surface area contributed by atoms with Gasteiger partial charge in [-0.25, -0.2) is 0 Å². The van der Waals surface area contributed by atoms with Gasteiger partial charge in [-0.1, -0.05) is 64.0 Å². The zero-order valence-electron chi connectivity index (χ0n) is 16.2. The Bertz CT molecular complexity index is 409. The predicted octanol–water partition coefficient (Wildman–Crippen LogP) is 3.66. The highest BCUT2D eigenvalue weighted by molar-refractivity contribution is 5.66. The van der Waals surface area contributed by atoms with Crippen molar-refractivity contribution in [2.75, 3.05) is 0 Å². The summed E-state index contributed by atoms with van der Waals surface area (Å²) in [5.74, 6) is -0.777. The summed E-state index contributed by atoms with van der Waals surface area (Å²) in [5, 5.41) is 39.1. The SMILES string of the molecule is CCCCCC(O)C=C[C@H]1[C@H](CCCCCCCC(=O)O)[C@H](O)C[C@@H]1O. The molecule has 0 heterocycles. The zero-order chi connectivity index (χ0) is 19.4. The van der Waals surface area contributed by atoms with Crippen molar-refractivity contribution >= 4 is 5.97 Å². The Kier molecular flexibility index (Phi) is 11.8. The Labute approximate surface area is 158 Å². The summed E-state index contributed by atoms with van der Waals surface area (Å²) >= 11 is 0. The lowest BCUT2D eigenvalue weighted by Crippen LogP contribution is -2.21. The van der Waals surface area contributed by atoms with Gasteiger partial charge in [-0.2, -0.15) is 0 Å². The van der Waals surface area contributed by atoms with Crippen molar-refractivity contribution in [3.05, 3.63) is 12.2 Å². The molecule has 152 valence electrons. The van der Waals surface area contributed by atoms with Crippen molar-refractivity contribution < 1.29 is 25.2 Å². The third-order valence-electron chi connectivity index (χ3n) is 5.50. The highest BCUT2D eigenvalue weighted by atomic mass is 16.4. The van der Waals surface area contributed by atoms with Gasteiger partial charge >= 0.3 is 5.97 Å². The Balaban J connectivity index is 2.33. The number of carbonyl (C=O) groups is 1.